The fourth-order valence-electron chi connectivity index (χ4n) is 4.39. The Labute approximate surface area is 220 Å². The van der Waals surface area contributed by atoms with Crippen LogP contribution >= 0.6 is 0 Å². The molecular weight excluding hydrogens is 528 g/mol. The van der Waals surface area contributed by atoms with Crippen LogP contribution in [-0.4, -0.2) is 53.9 Å². The molecule has 208 valence electrons. The van der Waals surface area contributed by atoms with E-state index in [0.717, 1.165) is 10.5 Å². The summed E-state index contributed by atoms with van der Waals surface area (Å²) in [4.78, 5) is 20.7. The summed E-state index contributed by atoms with van der Waals surface area (Å²) in [6.45, 7) is 2.21. The van der Waals surface area contributed by atoms with Crippen molar-refractivity contribution in [2.24, 2.45) is 0 Å². The van der Waals surface area contributed by atoms with Crippen molar-refractivity contribution in [3.8, 4) is 11.1 Å². The Morgan fingerprint density at radius 2 is 1.69 bits per heavy atom. The third-order valence-electron chi connectivity index (χ3n) is 6.34. The van der Waals surface area contributed by atoms with E-state index in [2.05, 4.69) is 4.98 Å². The number of aliphatic hydroxyl groups is 1. The van der Waals surface area contributed by atoms with Crippen molar-refractivity contribution in [1.29, 1.82) is 0 Å². The number of β-amino-alcohol motifs (C(OH)–C–C–N with tert-alkyl or cyclic N) is 1. The molecule has 0 bridgehead atoms. The van der Waals surface area contributed by atoms with Gasteiger partial charge in [-0.3, -0.25) is 4.79 Å². The summed E-state index contributed by atoms with van der Waals surface area (Å²) in [5, 5.41) is 9.87. The van der Waals surface area contributed by atoms with E-state index in [1.54, 1.807) is 23.1 Å². The monoisotopic (exact) mass is 553 g/mol. The molecule has 12 heteroatoms. The molecule has 2 heterocycles. The van der Waals surface area contributed by atoms with Gasteiger partial charge in [0, 0.05) is 26.3 Å². The van der Waals surface area contributed by atoms with Gasteiger partial charge in [-0.05, 0) is 53.4 Å². The Bertz CT molecular complexity index is 1330. The lowest BCUT2D eigenvalue weighted by Crippen LogP contribution is -2.42. The molecule has 1 saturated heterocycles. The molecule has 1 fully saturated rings. The maximum absolute atomic E-state index is 13.5. The molecule has 4 rings (SSSR count). The number of rotatable bonds is 5. The lowest BCUT2D eigenvalue weighted by molar-refractivity contribution is -0.143. The van der Waals surface area contributed by atoms with Crippen LogP contribution in [0.4, 0.5) is 32.2 Å². The minimum Gasteiger partial charge on any atom is -0.366 e. The summed E-state index contributed by atoms with van der Waals surface area (Å²) in [6, 6.07) is 10.2. The van der Waals surface area contributed by atoms with Crippen LogP contribution in [0.1, 0.15) is 32.6 Å². The Hall–Kier alpha value is -3.64. The molecule has 1 aliphatic heterocycles. The van der Waals surface area contributed by atoms with E-state index >= 15 is 0 Å². The van der Waals surface area contributed by atoms with Crippen LogP contribution in [0.3, 0.4) is 0 Å². The molecule has 3 aromatic rings. The van der Waals surface area contributed by atoms with Crippen molar-refractivity contribution in [3.05, 3.63) is 82.5 Å². The number of halogens is 6. The van der Waals surface area contributed by atoms with Gasteiger partial charge in [0.15, 0.2) is 6.29 Å². The molecule has 1 aliphatic rings. The van der Waals surface area contributed by atoms with Crippen molar-refractivity contribution in [2.75, 3.05) is 31.6 Å². The largest absolute Gasteiger partial charge is 0.416 e. The Morgan fingerprint density at radius 1 is 1.05 bits per heavy atom. The fourth-order valence-corrected chi connectivity index (χ4v) is 4.39. The Morgan fingerprint density at radius 3 is 2.28 bits per heavy atom. The van der Waals surface area contributed by atoms with Gasteiger partial charge < -0.3 is 19.6 Å². The number of anilines is 1. The maximum atomic E-state index is 13.5. The zero-order chi connectivity index (χ0) is 28.5. The van der Waals surface area contributed by atoms with Gasteiger partial charge in [0.1, 0.15) is 5.82 Å². The number of alkyl halides is 6. The van der Waals surface area contributed by atoms with Crippen LogP contribution in [0.2, 0.25) is 0 Å². The molecule has 0 saturated carbocycles. The van der Waals surface area contributed by atoms with Crippen LogP contribution in [0.5, 0.6) is 0 Å². The van der Waals surface area contributed by atoms with Crippen molar-refractivity contribution in [1.82, 2.24) is 9.88 Å². The van der Waals surface area contributed by atoms with Gasteiger partial charge >= 0.3 is 12.4 Å². The minimum atomic E-state index is -5.00. The summed E-state index contributed by atoms with van der Waals surface area (Å²) in [6.07, 6.45) is -9.68. The first-order valence-corrected chi connectivity index (χ1v) is 11.9. The molecule has 1 N–H and O–H groups in total. The van der Waals surface area contributed by atoms with Crippen LogP contribution in [0.25, 0.3) is 11.1 Å². The molecule has 0 aliphatic carbocycles. The molecule has 1 aromatic heterocycles. The average Bonchev–Trinajstić information content (AvgIpc) is 2.87. The minimum absolute atomic E-state index is 0.0484. The normalized spacial score (nSPS) is 16.3. The summed E-state index contributed by atoms with van der Waals surface area (Å²) in [5.74, 6) is -0.164. The second kappa shape index (κ2) is 10.9. The fraction of sp³-hybridized carbons (Fsp3) is 0.333. The molecule has 1 amide bonds. The number of pyridine rings is 1. The molecule has 0 radical (unpaired) electrons. The van der Waals surface area contributed by atoms with E-state index in [1.165, 1.54) is 13.2 Å². The zero-order valence-corrected chi connectivity index (χ0v) is 21.0. The summed E-state index contributed by atoms with van der Waals surface area (Å²) >= 11 is 0. The van der Waals surface area contributed by atoms with E-state index in [0.29, 0.717) is 35.6 Å². The summed E-state index contributed by atoms with van der Waals surface area (Å²) in [5.41, 5.74) is -1.09. The second-order valence-corrected chi connectivity index (χ2v) is 9.25. The molecular formula is C27H25F6N3O3. The lowest BCUT2D eigenvalue weighted by Gasteiger charge is -2.31. The number of carbonyl (C=O) groups excluding carboxylic acids is 1. The number of hydrogen-bond acceptors (Lipinski definition) is 5. The Kier molecular flexibility index (Phi) is 7.89. The number of amides is 1. The van der Waals surface area contributed by atoms with Gasteiger partial charge in [-0.1, -0.05) is 24.3 Å². The number of aliphatic hydroxyl groups excluding tert-OH is 1. The third-order valence-corrected chi connectivity index (χ3v) is 6.34. The van der Waals surface area contributed by atoms with Gasteiger partial charge in [0.25, 0.3) is 5.91 Å². The quantitative estimate of drug-likeness (QED) is 0.422. The first kappa shape index (κ1) is 28.4. The second-order valence-electron chi connectivity index (χ2n) is 9.25. The number of aryl methyl sites for hydroxylation is 1. The number of hydrogen-bond donors (Lipinski definition) is 1. The van der Waals surface area contributed by atoms with Crippen molar-refractivity contribution < 1.29 is 41.0 Å². The lowest BCUT2D eigenvalue weighted by atomic mass is 9.96. The number of aromatic nitrogens is 1. The van der Waals surface area contributed by atoms with Crippen molar-refractivity contribution in [2.45, 2.75) is 32.1 Å². The van der Waals surface area contributed by atoms with E-state index < -0.39 is 42.2 Å². The van der Waals surface area contributed by atoms with Gasteiger partial charge in [-0.15, -0.1) is 0 Å². The highest BCUT2D eigenvalue weighted by Gasteiger charge is 2.37. The average molecular weight is 554 g/mol. The van der Waals surface area contributed by atoms with Gasteiger partial charge in [-0.25, -0.2) is 4.98 Å². The van der Waals surface area contributed by atoms with Crippen LogP contribution < -0.4 is 4.90 Å². The zero-order valence-electron chi connectivity index (χ0n) is 21.0. The third kappa shape index (κ3) is 6.51. The van der Waals surface area contributed by atoms with Gasteiger partial charge in [0.2, 0.25) is 0 Å². The van der Waals surface area contributed by atoms with E-state index in [4.69, 9.17) is 4.74 Å². The molecule has 2 aromatic carbocycles. The number of benzene rings is 2. The predicted octanol–water partition coefficient (Wildman–Crippen LogP) is 5.52. The smallest absolute Gasteiger partial charge is 0.366 e. The number of carbonyl (C=O) groups is 1. The Balaban J connectivity index is 1.71. The van der Waals surface area contributed by atoms with E-state index in [9.17, 15) is 36.2 Å². The molecule has 6 nitrogen and oxygen atoms in total. The molecule has 1 atom stereocenters. The highest BCUT2D eigenvalue weighted by atomic mass is 19.4. The van der Waals surface area contributed by atoms with Crippen molar-refractivity contribution >= 4 is 11.7 Å². The molecule has 1 unspecified atom stereocenters. The van der Waals surface area contributed by atoms with Gasteiger partial charge in [-0.2, -0.15) is 26.3 Å². The molecule has 39 heavy (non-hydrogen) atoms. The number of morpholine rings is 1. The SMILES string of the molecule is Cc1ccccc1-c1cc(N2CCOC(O)C2)ncc1C(=O)N(C)Cc1cc(C(F)(F)F)cc(C(F)(F)F)c1. The standard InChI is InChI=1S/C27H25F6N3O3/c1-16-5-3-4-6-20(16)21-12-23(36-7-8-39-24(37)15-36)34-13-22(21)25(38)35(2)14-17-9-18(26(28,29)30)11-19(10-17)27(31,32)33/h3-6,9-13,24,37H,7-8,14-15H2,1-2H3. The van der Waals surface area contributed by atoms with Crippen LogP contribution in [0.15, 0.2) is 54.7 Å². The number of nitrogens with zero attached hydrogens (tertiary/aromatic N) is 3. The predicted molar refractivity (Wildman–Crippen MR) is 131 cm³/mol. The van der Waals surface area contributed by atoms with Crippen molar-refractivity contribution in [3.63, 3.8) is 0 Å². The number of ether oxygens (including phenoxy) is 1. The first-order valence-electron chi connectivity index (χ1n) is 11.9. The highest BCUT2D eigenvalue weighted by Crippen LogP contribution is 2.37. The summed E-state index contributed by atoms with van der Waals surface area (Å²) in [7, 11) is 1.30. The summed E-state index contributed by atoms with van der Waals surface area (Å²) < 4.78 is 85.0. The highest BCUT2D eigenvalue weighted by molar-refractivity contribution is 6.01. The topological polar surface area (TPSA) is 65.9 Å². The van der Waals surface area contributed by atoms with Crippen LogP contribution in [0, 0.1) is 6.92 Å². The van der Waals surface area contributed by atoms with E-state index in [-0.39, 0.29) is 30.3 Å². The van der Waals surface area contributed by atoms with E-state index in [1.807, 2.05) is 19.1 Å². The van der Waals surface area contributed by atoms with Gasteiger partial charge in [0.05, 0.1) is 29.8 Å². The maximum Gasteiger partial charge on any atom is 0.416 e. The van der Waals surface area contributed by atoms with Crippen LogP contribution in [-0.2, 0) is 23.6 Å². The first-order chi connectivity index (χ1) is 18.2. The molecule has 0 spiro atoms.